The fraction of sp³-hybridized carbons (Fsp3) is 0.667. The lowest BCUT2D eigenvalue weighted by Crippen LogP contribution is -2.49. The molecule has 1 aromatic carbocycles. The summed E-state index contributed by atoms with van der Waals surface area (Å²) in [5, 5.41) is 6.97. The first-order chi connectivity index (χ1) is 13.2. The Kier molecular flexibility index (Phi) is 9.64. The first-order valence-electron chi connectivity index (χ1n) is 10.3. The van der Waals surface area contributed by atoms with Gasteiger partial charge in [0.15, 0.2) is 5.96 Å². The Morgan fingerprint density at radius 1 is 1.14 bits per heavy atom. The van der Waals surface area contributed by atoms with E-state index < -0.39 is 0 Å². The van der Waals surface area contributed by atoms with Crippen LogP contribution in [0.5, 0.6) is 11.5 Å². The number of nitrogens with zero attached hydrogens (tertiary/aromatic N) is 2. The van der Waals surface area contributed by atoms with Gasteiger partial charge in [-0.05, 0) is 63.8 Å². The first-order valence-corrected chi connectivity index (χ1v) is 10.3. The van der Waals surface area contributed by atoms with Crippen molar-refractivity contribution in [2.24, 2.45) is 4.99 Å². The highest BCUT2D eigenvalue weighted by Crippen LogP contribution is 2.29. The molecule has 0 bridgehead atoms. The summed E-state index contributed by atoms with van der Waals surface area (Å²) in [5.41, 5.74) is 0. The third-order valence-electron chi connectivity index (χ3n) is 5.18. The molecule has 6 nitrogen and oxygen atoms in total. The normalized spacial score (nSPS) is 19.5. The topological polar surface area (TPSA) is 58.1 Å². The van der Waals surface area contributed by atoms with E-state index in [1.807, 2.05) is 31.2 Å². The number of halogens is 1. The molecule has 158 valence electrons. The van der Waals surface area contributed by atoms with Crippen molar-refractivity contribution in [1.82, 2.24) is 15.5 Å². The van der Waals surface area contributed by atoms with Crippen LogP contribution in [0.3, 0.4) is 0 Å². The molecule has 1 heterocycles. The highest BCUT2D eigenvalue weighted by Gasteiger charge is 2.31. The van der Waals surface area contributed by atoms with E-state index >= 15 is 0 Å². The number of nitrogens with one attached hydrogen (secondary N) is 2. The van der Waals surface area contributed by atoms with Gasteiger partial charge >= 0.3 is 0 Å². The summed E-state index contributed by atoms with van der Waals surface area (Å²) in [6.07, 6.45) is 5.19. The predicted octanol–water partition coefficient (Wildman–Crippen LogP) is 3.26. The van der Waals surface area contributed by atoms with Crippen molar-refractivity contribution in [3.63, 3.8) is 0 Å². The molecule has 7 heteroatoms. The molecule has 1 saturated carbocycles. The molecule has 3 rings (SSSR count). The number of hydrogen-bond acceptors (Lipinski definition) is 4. The summed E-state index contributed by atoms with van der Waals surface area (Å²) in [6.45, 7) is 8.04. The van der Waals surface area contributed by atoms with Gasteiger partial charge in [-0.3, -0.25) is 0 Å². The van der Waals surface area contributed by atoms with Gasteiger partial charge in [-0.25, -0.2) is 4.99 Å². The van der Waals surface area contributed by atoms with Crippen molar-refractivity contribution in [2.75, 3.05) is 33.3 Å². The molecule has 28 heavy (non-hydrogen) atoms. The second-order valence-electron chi connectivity index (χ2n) is 7.51. The number of likely N-dealkylation sites (tertiary alicyclic amines) is 1. The van der Waals surface area contributed by atoms with Crippen molar-refractivity contribution in [1.29, 1.82) is 0 Å². The Labute approximate surface area is 186 Å². The van der Waals surface area contributed by atoms with Crippen LogP contribution in [0.1, 0.15) is 39.5 Å². The number of ether oxygens (including phenoxy) is 2. The molecular formula is C21H35IN4O2. The van der Waals surface area contributed by atoms with E-state index in [0.29, 0.717) is 12.6 Å². The molecule has 1 atom stereocenters. The van der Waals surface area contributed by atoms with Crippen LogP contribution in [-0.4, -0.2) is 62.3 Å². The summed E-state index contributed by atoms with van der Waals surface area (Å²) in [5.74, 6) is 2.57. The van der Waals surface area contributed by atoms with Crippen LogP contribution in [0.25, 0.3) is 0 Å². The lowest BCUT2D eigenvalue weighted by molar-refractivity contribution is 0.197. The van der Waals surface area contributed by atoms with E-state index in [2.05, 4.69) is 22.5 Å². The van der Waals surface area contributed by atoms with Gasteiger partial charge in [-0.15, -0.1) is 24.0 Å². The minimum Gasteiger partial charge on any atom is -0.497 e. The Hall–Kier alpha value is -1.22. The molecule has 2 N–H and O–H groups in total. The molecule has 0 amide bonds. The van der Waals surface area contributed by atoms with Gasteiger partial charge in [-0.2, -0.15) is 0 Å². The molecule has 2 aliphatic rings. The van der Waals surface area contributed by atoms with Crippen molar-refractivity contribution in [3.8, 4) is 11.5 Å². The van der Waals surface area contributed by atoms with Crippen LogP contribution in [0.15, 0.2) is 29.3 Å². The van der Waals surface area contributed by atoms with Gasteiger partial charge in [0, 0.05) is 31.7 Å². The second-order valence-corrected chi connectivity index (χ2v) is 7.51. The van der Waals surface area contributed by atoms with Gasteiger partial charge in [0.05, 0.1) is 13.7 Å². The SMILES string of the molecule is CCNC(=NCC(C)Oc1ccc(OC)cc1)NC1CCN(C2CC2)CC1.I. The highest BCUT2D eigenvalue weighted by atomic mass is 127. The van der Waals surface area contributed by atoms with Crippen molar-refractivity contribution in [2.45, 2.75) is 57.7 Å². The van der Waals surface area contributed by atoms with Crippen molar-refractivity contribution >= 4 is 29.9 Å². The monoisotopic (exact) mass is 502 g/mol. The molecule has 1 aliphatic heterocycles. The minimum atomic E-state index is 0. The van der Waals surface area contributed by atoms with Crippen molar-refractivity contribution < 1.29 is 9.47 Å². The van der Waals surface area contributed by atoms with E-state index in [4.69, 9.17) is 14.5 Å². The zero-order valence-corrected chi connectivity index (χ0v) is 19.6. The fourth-order valence-electron chi connectivity index (χ4n) is 3.51. The molecule has 2 fully saturated rings. The lowest BCUT2D eigenvalue weighted by atomic mass is 10.1. The Morgan fingerprint density at radius 2 is 1.79 bits per heavy atom. The van der Waals surface area contributed by atoms with Gasteiger partial charge in [0.25, 0.3) is 0 Å². The zero-order valence-electron chi connectivity index (χ0n) is 17.3. The fourth-order valence-corrected chi connectivity index (χ4v) is 3.51. The lowest BCUT2D eigenvalue weighted by Gasteiger charge is -2.33. The summed E-state index contributed by atoms with van der Waals surface area (Å²) in [7, 11) is 1.66. The number of guanidine groups is 1. The zero-order chi connectivity index (χ0) is 19.1. The van der Waals surface area contributed by atoms with Gasteiger partial charge in [0.1, 0.15) is 17.6 Å². The average molecular weight is 502 g/mol. The molecule has 0 spiro atoms. The van der Waals surface area contributed by atoms with E-state index in [-0.39, 0.29) is 30.1 Å². The van der Waals surface area contributed by atoms with Gasteiger partial charge in [-0.1, -0.05) is 0 Å². The van der Waals surface area contributed by atoms with Crippen molar-refractivity contribution in [3.05, 3.63) is 24.3 Å². The number of methoxy groups -OCH3 is 1. The Balaban J connectivity index is 0.00000280. The predicted molar refractivity (Wildman–Crippen MR) is 125 cm³/mol. The summed E-state index contributed by atoms with van der Waals surface area (Å²) in [4.78, 5) is 7.38. The molecule has 0 radical (unpaired) electrons. The van der Waals surface area contributed by atoms with E-state index in [9.17, 15) is 0 Å². The summed E-state index contributed by atoms with van der Waals surface area (Å²) < 4.78 is 11.1. The maximum absolute atomic E-state index is 5.95. The first kappa shape index (κ1) is 23.1. The molecule has 1 unspecified atom stereocenters. The largest absolute Gasteiger partial charge is 0.497 e. The summed E-state index contributed by atoms with van der Waals surface area (Å²) in [6, 6.07) is 9.06. The van der Waals surface area contributed by atoms with Gasteiger partial charge in [0.2, 0.25) is 0 Å². The van der Waals surface area contributed by atoms with Gasteiger partial charge < -0.3 is 25.0 Å². The summed E-state index contributed by atoms with van der Waals surface area (Å²) >= 11 is 0. The van der Waals surface area contributed by atoms with Crippen LogP contribution in [-0.2, 0) is 0 Å². The minimum absolute atomic E-state index is 0. The highest BCUT2D eigenvalue weighted by molar-refractivity contribution is 14.0. The van der Waals surface area contributed by atoms with E-state index in [1.54, 1.807) is 7.11 Å². The third-order valence-corrected chi connectivity index (χ3v) is 5.18. The maximum atomic E-state index is 5.95. The second kappa shape index (κ2) is 11.7. The standard InChI is InChI=1S/C21H34N4O2.HI/c1-4-22-21(24-17-11-13-25(14-12-17)18-5-6-18)23-15-16(2)27-20-9-7-19(26-3)8-10-20;/h7-10,16-18H,4-6,11-15H2,1-3H3,(H2,22,23,24);1H. The number of hydrogen-bond donors (Lipinski definition) is 2. The van der Waals surface area contributed by atoms with E-state index in [0.717, 1.165) is 30.0 Å². The van der Waals surface area contributed by atoms with Crippen LogP contribution in [0, 0.1) is 0 Å². The number of piperidine rings is 1. The quantitative estimate of drug-likeness (QED) is 0.325. The molecular weight excluding hydrogens is 467 g/mol. The van der Waals surface area contributed by atoms with E-state index in [1.165, 1.54) is 38.8 Å². The van der Waals surface area contributed by atoms with Crippen LogP contribution in [0.4, 0.5) is 0 Å². The van der Waals surface area contributed by atoms with Crippen LogP contribution >= 0.6 is 24.0 Å². The Bertz CT molecular complexity index is 599. The average Bonchev–Trinajstić information content (AvgIpc) is 3.53. The molecule has 1 aliphatic carbocycles. The number of rotatable bonds is 8. The van der Waals surface area contributed by atoms with Crippen LogP contribution in [0.2, 0.25) is 0 Å². The van der Waals surface area contributed by atoms with Crippen LogP contribution < -0.4 is 20.1 Å². The Morgan fingerprint density at radius 3 is 2.36 bits per heavy atom. The third kappa shape index (κ3) is 7.31. The molecule has 0 aromatic heterocycles. The number of benzene rings is 1. The molecule has 1 saturated heterocycles. The molecule has 1 aromatic rings. The maximum Gasteiger partial charge on any atom is 0.191 e. The smallest absolute Gasteiger partial charge is 0.191 e. The number of aliphatic imine (C=N–C) groups is 1.